The van der Waals surface area contributed by atoms with Crippen LogP contribution in [0.3, 0.4) is 0 Å². The van der Waals surface area contributed by atoms with E-state index in [0.717, 1.165) is 12.8 Å². The Morgan fingerprint density at radius 2 is 1.83 bits per heavy atom. The molecule has 0 spiro atoms. The molecule has 0 amide bonds. The number of para-hydroxylation sites is 1. The first-order valence-corrected chi connectivity index (χ1v) is 9.22. The number of sulfonamides is 1. The lowest BCUT2D eigenvalue weighted by Gasteiger charge is -2.19. The Morgan fingerprint density at radius 1 is 1.12 bits per heavy atom. The van der Waals surface area contributed by atoms with Gasteiger partial charge in [-0.1, -0.05) is 18.2 Å². The summed E-state index contributed by atoms with van der Waals surface area (Å²) in [6.07, 6.45) is 4.68. The Bertz CT molecular complexity index is 766. The van der Waals surface area contributed by atoms with E-state index in [1.54, 1.807) is 12.1 Å². The fourth-order valence-electron chi connectivity index (χ4n) is 2.77. The zero-order valence-corrected chi connectivity index (χ0v) is 14.1. The van der Waals surface area contributed by atoms with Gasteiger partial charge in [-0.3, -0.25) is 4.72 Å². The van der Waals surface area contributed by atoms with Gasteiger partial charge in [0, 0.05) is 7.11 Å². The predicted octanol–water partition coefficient (Wildman–Crippen LogP) is 2.58. The highest BCUT2D eigenvalue weighted by atomic mass is 32.2. The van der Waals surface area contributed by atoms with Crippen molar-refractivity contribution in [2.24, 2.45) is 0 Å². The van der Waals surface area contributed by atoms with E-state index in [4.69, 9.17) is 9.47 Å². The molecule has 1 aliphatic carbocycles. The van der Waals surface area contributed by atoms with E-state index in [0.29, 0.717) is 17.9 Å². The fraction of sp³-hybridized carbons (Fsp3) is 0.375. The zero-order chi connectivity index (χ0) is 17.0. The van der Waals surface area contributed by atoms with Gasteiger partial charge in [-0.15, -0.1) is 0 Å². The number of anilines is 1. The summed E-state index contributed by atoms with van der Waals surface area (Å²) in [5, 5.41) is -0.553. The third-order valence-electron chi connectivity index (χ3n) is 3.93. The molecule has 1 heterocycles. The summed E-state index contributed by atoms with van der Waals surface area (Å²) in [5.41, 5.74) is 0.303. The SMILES string of the molecule is COC1CCCC1S(=O)(=O)Nc1cnc(Oc2ccccc2)nc1. The molecule has 2 unspecified atom stereocenters. The van der Waals surface area contributed by atoms with Gasteiger partial charge in [-0.2, -0.15) is 0 Å². The number of benzene rings is 1. The topological polar surface area (TPSA) is 90.4 Å². The normalized spacial score (nSPS) is 20.7. The van der Waals surface area contributed by atoms with Gasteiger partial charge in [0.15, 0.2) is 0 Å². The molecule has 1 fully saturated rings. The second kappa shape index (κ2) is 7.14. The maximum absolute atomic E-state index is 12.5. The molecule has 2 aromatic rings. The van der Waals surface area contributed by atoms with Crippen LogP contribution < -0.4 is 9.46 Å². The quantitative estimate of drug-likeness (QED) is 0.862. The first kappa shape index (κ1) is 16.7. The average molecular weight is 349 g/mol. The van der Waals surface area contributed by atoms with Crippen molar-refractivity contribution in [2.45, 2.75) is 30.6 Å². The minimum Gasteiger partial charge on any atom is -0.424 e. The predicted molar refractivity (Wildman–Crippen MR) is 89.5 cm³/mol. The van der Waals surface area contributed by atoms with E-state index in [1.807, 2.05) is 18.2 Å². The van der Waals surface area contributed by atoms with E-state index < -0.39 is 15.3 Å². The number of ether oxygens (including phenoxy) is 2. The minimum atomic E-state index is -3.54. The van der Waals surface area contributed by atoms with E-state index in [1.165, 1.54) is 19.5 Å². The lowest BCUT2D eigenvalue weighted by Crippen LogP contribution is -2.35. The van der Waals surface area contributed by atoms with Crippen molar-refractivity contribution < 1.29 is 17.9 Å². The second-order valence-electron chi connectivity index (χ2n) is 5.56. The van der Waals surface area contributed by atoms with Crippen molar-refractivity contribution in [3.63, 3.8) is 0 Å². The molecule has 24 heavy (non-hydrogen) atoms. The molecule has 1 saturated carbocycles. The summed E-state index contributed by atoms with van der Waals surface area (Å²) >= 11 is 0. The van der Waals surface area contributed by atoms with Gasteiger partial charge in [0.05, 0.1) is 24.2 Å². The summed E-state index contributed by atoms with van der Waals surface area (Å²) in [4.78, 5) is 8.06. The minimum absolute atomic E-state index is 0.153. The van der Waals surface area contributed by atoms with Crippen molar-refractivity contribution in [2.75, 3.05) is 11.8 Å². The monoisotopic (exact) mass is 349 g/mol. The standard InChI is InChI=1S/C16H19N3O4S/c1-22-14-8-5-9-15(14)24(20,21)19-12-10-17-16(18-11-12)23-13-6-3-2-4-7-13/h2-4,6-7,10-11,14-15,19H,5,8-9H2,1H3. The lowest BCUT2D eigenvalue weighted by molar-refractivity contribution is 0.111. The second-order valence-corrected chi connectivity index (χ2v) is 7.46. The van der Waals surface area contributed by atoms with Gasteiger partial charge in [0.1, 0.15) is 11.0 Å². The third kappa shape index (κ3) is 3.82. The number of hydrogen-bond acceptors (Lipinski definition) is 6. The third-order valence-corrected chi connectivity index (χ3v) is 5.79. The number of methoxy groups -OCH3 is 1. The lowest BCUT2D eigenvalue weighted by atomic mass is 10.3. The molecule has 128 valence electrons. The highest BCUT2D eigenvalue weighted by molar-refractivity contribution is 7.93. The summed E-state index contributed by atoms with van der Waals surface area (Å²) in [7, 11) is -2.00. The Morgan fingerprint density at radius 3 is 2.50 bits per heavy atom. The van der Waals surface area contributed by atoms with Crippen molar-refractivity contribution in [1.29, 1.82) is 0 Å². The van der Waals surface area contributed by atoms with Crippen LogP contribution in [0, 0.1) is 0 Å². The summed E-state index contributed by atoms with van der Waals surface area (Å²) < 4.78 is 38.2. The van der Waals surface area contributed by atoms with Crippen LogP contribution in [-0.4, -0.2) is 36.8 Å². The molecule has 1 N–H and O–H groups in total. The number of rotatable bonds is 6. The van der Waals surface area contributed by atoms with Crippen LogP contribution in [0.15, 0.2) is 42.7 Å². The van der Waals surface area contributed by atoms with Crippen LogP contribution >= 0.6 is 0 Å². The highest BCUT2D eigenvalue weighted by Gasteiger charge is 2.37. The molecule has 1 aliphatic rings. The van der Waals surface area contributed by atoms with Crippen LogP contribution in [0.2, 0.25) is 0 Å². The molecule has 0 bridgehead atoms. The molecule has 8 heteroatoms. The Kier molecular flexibility index (Phi) is 4.96. The molecular formula is C16H19N3O4S. The molecular weight excluding hydrogens is 330 g/mol. The van der Waals surface area contributed by atoms with Gasteiger partial charge in [0.25, 0.3) is 0 Å². The largest absolute Gasteiger partial charge is 0.424 e. The van der Waals surface area contributed by atoms with Gasteiger partial charge in [-0.05, 0) is 31.4 Å². The first-order chi connectivity index (χ1) is 11.6. The van der Waals surface area contributed by atoms with Crippen molar-refractivity contribution >= 4 is 15.7 Å². The van der Waals surface area contributed by atoms with Gasteiger partial charge < -0.3 is 9.47 Å². The fourth-order valence-corrected chi connectivity index (χ4v) is 4.48. The van der Waals surface area contributed by atoms with E-state index >= 15 is 0 Å². The Balaban J connectivity index is 1.67. The molecule has 1 aromatic carbocycles. The molecule has 7 nitrogen and oxygen atoms in total. The van der Waals surface area contributed by atoms with E-state index in [9.17, 15) is 8.42 Å². The van der Waals surface area contributed by atoms with Crippen LogP contribution in [-0.2, 0) is 14.8 Å². The molecule has 0 aliphatic heterocycles. The van der Waals surface area contributed by atoms with Crippen LogP contribution in [0.1, 0.15) is 19.3 Å². The zero-order valence-electron chi connectivity index (χ0n) is 13.3. The van der Waals surface area contributed by atoms with Gasteiger partial charge >= 0.3 is 6.01 Å². The average Bonchev–Trinajstić information content (AvgIpc) is 3.07. The van der Waals surface area contributed by atoms with Crippen molar-refractivity contribution in [3.05, 3.63) is 42.7 Å². The summed E-state index contributed by atoms with van der Waals surface area (Å²) in [5.74, 6) is 0.611. The van der Waals surface area contributed by atoms with E-state index in [2.05, 4.69) is 14.7 Å². The number of nitrogens with one attached hydrogen (secondary N) is 1. The molecule has 0 saturated heterocycles. The number of aromatic nitrogens is 2. The summed E-state index contributed by atoms with van der Waals surface area (Å²) in [6.45, 7) is 0. The van der Waals surface area contributed by atoms with Crippen LogP contribution in [0.4, 0.5) is 5.69 Å². The molecule has 1 aromatic heterocycles. The Labute approximate surface area is 141 Å². The van der Waals surface area contributed by atoms with Crippen LogP contribution in [0.5, 0.6) is 11.8 Å². The van der Waals surface area contributed by atoms with E-state index in [-0.39, 0.29) is 12.1 Å². The van der Waals surface area contributed by atoms with Crippen LogP contribution in [0.25, 0.3) is 0 Å². The number of hydrogen-bond donors (Lipinski definition) is 1. The maximum Gasteiger partial charge on any atom is 0.322 e. The molecule has 0 radical (unpaired) electrons. The number of nitrogens with zero attached hydrogens (tertiary/aromatic N) is 2. The highest BCUT2D eigenvalue weighted by Crippen LogP contribution is 2.28. The Hall–Kier alpha value is -2.19. The maximum atomic E-state index is 12.5. The van der Waals surface area contributed by atoms with Crippen molar-refractivity contribution in [3.8, 4) is 11.8 Å². The van der Waals surface area contributed by atoms with Crippen molar-refractivity contribution in [1.82, 2.24) is 9.97 Å². The van der Waals surface area contributed by atoms with Gasteiger partial charge in [-0.25, -0.2) is 18.4 Å². The molecule has 3 rings (SSSR count). The first-order valence-electron chi connectivity index (χ1n) is 7.68. The smallest absolute Gasteiger partial charge is 0.322 e. The van der Waals surface area contributed by atoms with Gasteiger partial charge in [0.2, 0.25) is 10.0 Å². The summed E-state index contributed by atoms with van der Waals surface area (Å²) in [6, 6.07) is 9.27. The molecule has 2 atom stereocenters.